The van der Waals surface area contributed by atoms with Gasteiger partial charge in [-0.2, -0.15) is 5.10 Å². The summed E-state index contributed by atoms with van der Waals surface area (Å²) < 4.78 is 7.37. The predicted molar refractivity (Wildman–Crippen MR) is 140 cm³/mol. The van der Waals surface area contributed by atoms with E-state index in [1.54, 1.807) is 0 Å². The van der Waals surface area contributed by atoms with Crippen molar-refractivity contribution < 1.29 is 4.74 Å². The maximum atomic E-state index is 5.98. The van der Waals surface area contributed by atoms with Crippen LogP contribution in [0.15, 0.2) is 41.7 Å². The first-order chi connectivity index (χ1) is 15.2. The SMILES string of the molecule is CCNC(=NCc1cnn(-c2ccc(Cl)cc2)c1)NC1CCN(CC2CCOC2)CC1.I. The lowest BCUT2D eigenvalue weighted by Gasteiger charge is -2.34. The third kappa shape index (κ3) is 7.33. The Kier molecular flexibility index (Phi) is 10.1. The van der Waals surface area contributed by atoms with Gasteiger partial charge in [-0.3, -0.25) is 0 Å². The molecule has 1 unspecified atom stereocenters. The lowest BCUT2D eigenvalue weighted by atomic mass is 10.0. The zero-order valence-electron chi connectivity index (χ0n) is 18.7. The normalized spacial score (nSPS) is 20.2. The Morgan fingerprint density at radius 2 is 2.00 bits per heavy atom. The van der Waals surface area contributed by atoms with Gasteiger partial charge in [0, 0.05) is 55.6 Å². The second kappa shape index (κ2) is 12.8. The summed E-state index contributed by atoms with van der Waals surface area (Å²) in [6, 6.07) is 8.12. The fourth-order valence-corrected chi connectivity index (χ4v) is 4.34. The molecule has 1 aromatic heterocycles. The summed E-state index contributed by atoms with van der Waals surface area (Å²) in [6.45, 7) is 8.86. The molecule has 2 aliphatic heterocycles. The number of ether oxygens (including phenoxy) is 1. The molecule has 2 saturated heterocycles. The number of hydrogen-bond donors (Lipinski definition) is 2. The highest BCUT2D eigenvalue weighted by atomic mass is 127. The number of rotatable bonds is 7. The first kappa shape index (κ1) is 25.3. The molecule has 2 N–H and O–H groups in total. The zero-order chi connectivity index (χ0) is 21.5. The van der Waals surface area contributed by atoms with Gasteiger partial charge in [-0.05, 0) is 56.4 Å². The van der Waals surface area contributed by atoms with E-state index in [1.165, 1.54) is 13.0 Å². The number of likely N-dealkylation sites (tertiary alicyclic amines) is 1. The van der Waals surface area contributed by atoms with Gasteiger partial charge in [-0.25, -0.2) is 9.67 Å². The average Bonchev–Trinajstić information content (AvgIpc) is 3.46. The van der Waals surface area contributed by atoms with E-state index in [1.807, 2.05) is 41.3 Å². The number of benzene rings is 1. The molecule has 0 saturated carbocycles. The van der Waals surface area contributed by atoms with E-state index < -0.39 is 0 Å². The topological polar surface area (TPSA) is 66.7 Å². The summed E-state index contributed by atoms with van der Waals surface area (Å²) in [5.41, 5.74) is 2.06. The molecule has 0 radical (unpaired) electrons. The fraction of sp³-hybridized carbons (Fsp3) is 0.565. The van der Waals surface area contributed by atoms with Gasteiger partial charge < -0.3 is 20.3 Å². The first-order valence-corrected chi connectivity index (χ1v) is 11.7. The maximum Gasteiger partial charge on any atom is 0.191 e. The number of nitrogens with one attached hydrogen (secondary N) is 2. The number of piperidine rings is 1. The second-order valence-electron chi connectivity index (χ2n) is 8.41. The molecular formula is C23H34ClIN6O. The van der Waals surface area contributed by atoms with Crippen LogP contribution in [0.3, 0.4) is 0 Å². The van der Waals surface area contributed by atoms with Crippen LogP contribution in [-0.4, -0.2) is 66.1 Å². The number of nitrogens with zero attached hydrogens (tertiary/aromatic N) is 4. The molecule has 2 fully saturated rings. The van der Waals surface area contributed by atoms with Crippen molar-refractivity contribution in [3.8, 4) is 5.69 Å². The first-order valence-electron chi connectivity index (χ1n) is 11.3. The molecule has 4 rings (SSSR count). The third-order valence-corrected chi connectivity index (χ3v) is 6.21. The van der Waals surface area contributed by atoms with Crippen LogP contribution >= 0.6 is 35.6 Å². The summed E-state index contributed by atoms with van der Waals surface area (Å²) in [4.78, 5) is 7.38. The van der Waals surface area contributed by atoms with Gasteiger partial charge in [0.2, 0.25) is 0 Å². The number of halogens is 2. The van der Waals surface area contributed by atoms with Crippen molar-refractivity contribution >= 4 is 41.5 Å². The molecule has 0 spiro atoms. The minimum Gasteiger partial charge on any atom is -0.381 e. The van der Waals surface area contributed by atoms with Crippen molar-refractivity contribution in [2.45, 2.75) is 38.8 Å². The van der Waals surface area contributed by atoms with Crippen LogP contribution < -0.4 is 10.6 Å². The van der Waals surface area contributed by atoms with Gasteiger partial charge >= 0.3 is 0 Å². The Morgan fingerprint density at radius 3 is 2.69 bits per heavy atom. The summed E-state index contributed by atoms with van der Waals surface area (Å²) in [5.74, 6) is 1.60. The number of aliphatic imine (C=N–C) groups is 1. The van der Waals surface area contributed by atoms with Crippen LogP contribution in [-0.2, 0) is 11.3 Å². The molecule has 1 aromatic carbocycles. The summed E-state index contributed by atoms with van der Waals surface area (Å²) >= 11 is 5.98. The second-order valence-corrected chi connectivity index (χ2v) is 8.85. The summed E-state index contributed by atoms with van der Waals surface area (Å²) in [7, 11) is 0. The molecular weight excluding hydrogens is 539 g/mol. The van der Waals surface area contributed by atoms with Gasteiger partial charge in [0.15, 0.2) is 5.96 Å². The fourth-order valence-electron chi connectivity index (χ4n) is 4.21. The van der Waals surface area contributed by atoms with Crippen molar-refractivity contribution in [3.05, 3.63) is 47.2 Å². The van der Waals surface area contributed by atoms with E-state index in [0.29, 0.717) is 12.6 Å². The highest BCUT2D eigenvalue weighted by Crippen LogP contribution is 2.18. The molecule has 3 heterocycles. The lowest BCUT2D eigenvalue weighted by Crippen LogP contribution is -2.49. The van der Waals surface area contributed by atoms with Gasteiger partial charge in [0.25, 0.3) is 0 Å². The van der Waals surface area contributed by atoms with Gasteiger partial charge in [0.05, 0.1) is 25.0 Å². The minimum absolute atomic E-state index is 0. The lowest BCUT2D eigenvalue weighted by molar-refractivity contribution is 0.150. The Hall–Kier alpha value is -1.36. The minimum atomic E-state index is 0. The Bertz CT molecular complexity index is 844. The van der Waals surface area contributed by atoms with Crippen LogP contribution in [0.2, 0.25) is 5.02 Å². The van der Waals surface area contributed by atoms with Crippen molar-refractivity contribution in [1.29, 1.82) is 0 Å². The van der Waals surface area contributed by atoms with E-state index in [0.717, 1.165) is 73.8 Å². The van der Waals surface area contributed by atoms with E-state index in [4.69, 9.17) is 21.3 Å². The van der Waals surface area contributed by atoms with E-state index in [9.17, 15) is 0 Å². The molecule has 7 nitrogen and oxygen atoms in total. The van der Waals surface area contributed by atoms with Crippen LogP contribution in [0.1, 0.15) is 31.7 Å². The van der Waals surface area contributed by atoms with Crippen LogP contribution in [0.5, 0.6) is 0 Å². The third-order valence-electron chi connectivity index (χ3n) is 5.96. The van der Waals surface area contributed by atoms with Crippen LogP contribution in [0.4, 0.5) is 0 Å². The Morgan fingerprint density at radius 1 is 1.22 bits per heavy atom. The molecule has 176 valence electrons. The highest BCUT2D eigenvalue weighted by molar-refractivity contribution is 14.0. The molecule has 0 bridgehead atoms. The van der Waals surface area contributed by atoms with E-state index in [2.05, 4.69) is 27.6 Å². The number of aromatic nitrogens is 2. The van der Waals surface area contributed by atoms with Crippen molar-refractivity contribution in [1.82, 2.24) is 25.3 Å². The molecule has 0 amide bonds. The average molecular weight is 573 g/mol. The number of hydrogen-bond acceptors (Lipinski definition) is 4. The predicted octanol–water partition coefficient (Wildman–Crippen LogP) is 3.70. The van der Waals surface area contributed by atoms with E-state index in [-0.39, 0.29) is 24.0 Å². The quantitative estimate of drug-likeness (QED) is 0.301. The zero-order valence-corrected chi connectivity index (χ0v) is 21.8. The van der Waals surface area contributed by atoms with E-state index >= 15 is 0 Å². The maximum absolute atomic E-state index is 5.98. The van der Waals surface area contributed by atoms with Crippen LogP contribution in [0, 0.1) is 5.92 Å². The highest BCUT2D eigenvalue weighted by Gasteiger charge is 2.24. The molecule has 2 aromatic rings. The Labute approximate surface area is 213 Å². The van der Waals surface area contributed by atoms with Gasteiger partial charge in [0.1, 0.15) is 0 Å². The molecule has 1 atom stereocenters. The number of guanidine groups is 1. The molecule has 32 heavy (non-hydrogen) atoms. The smallest absolute Gasteiger partial charge is 0.191 e. The molecule has 9 heteroatoms. The largest absolute Gasteiger partial charge is 0.381 e. The monoisotopic (exact) mass is 572 g/mol. The Balaban J connectivity index is 0.00000289. The molecule has 2 aliphatic rings. The summed E-state index contributed by atoms with van der Waals surface area (Å²) in [5, 5.41) is 12.2. The summed E-state index contributed by atoms with van der Waals surface area (Å²) in [6.07, 6.45) is 7.39. The van der Waals surface area contributed by atoms with Crippen molar-refractivity contribution in [3.63, 3.8) is 0 Å². The van der Waals surface area contributed by atoms with Crippen molar-refractivity contribution in [2.75, 3.05) is 39.4 Å². The van der Waals surface area contributed by atoms with Gasteiger partial charge in [-0.15, -0.1) is 24.0 Å². The van der Waals surface area contributed by atoms with Crippen molar-refractivity contribution in [2.24, 2.45) is 10.9 Å². The van der Waals surface area contributed by atoms with Crippen LogP contribution in [0.25, 0.3) is 5.69 Å². The standard InChI is InChI=1S/C23H33ClN6O.HI/c1-2-25-23(28-21-7-10-29(11-8-21)15-18-9-12-31-17-18)26-13-19-14-27-30(16-19)22-5-3-20(24)4-6-22;/h3-6,14,16,18,21H,2,7-13,15,17H2,1H3,(H2,25,26,28);1H. The van der Waals surface area contributed by atoms with Gasteiger partial charge in [-0.1, -0.05) is 11.6 Å². The molecule has 0 aliphatic carbocycles.